The van der Waals surface area contributed by atoms with E-state index in [9.17, 15) is 4.79 Å². The number of anilines is 1. The van der Waals surface area contributed by atoms with Gasteiger partial charge in [-0.05, 0) is 50.1 Å². The molecule has 0 saturated carbocycles. The summed E-state index contributed by atoms with van der Waals surface area (Å²) in [5.74, 6) is 0.609. The first kappa shape index (κ1) is 15.5. The molecule has 1 amide bonds. The third-order valence-electron chi connectivity index (χ3n) is 2.60. The van der Waals surface area contributed by atoms with Crippen molar-refractivity contribution in [2.24, 2.45) is 5.73 Å². The van der Waals surface area contributed by atoms with Crippen molar-refractivity contribution in [3.05, 3.63) is 24.3 Å². The second kappa shape index (κ2) is 9.35. The maximum atomic E-state index is 11.6. The van der Waals surface area contributed by atoms with Crippen molar-refractivity contribution < 1.29 is 14.3 Å². The van der Waals surface area contributed by atoms with Gasteiger partial charge in [-0.3, -0.25) is 4.79 Å². The van der Waals surface area contributed by atoms with Gasteiger partial charge in [0.05, 0.1) is 7.11 Å². The molecule has 0 aliphatic carbocycles. The van der Waals surface area contributed by atoms with Gasteiger partial charge in [0.15, 0.2) is 0 Å². The molecule has 1 aromatic carbocycles. The summed E-state index contributed by atoms with van der Waals surface area (Å²) in [5, 5.41) is 2.76. The zero-order valence-electron chi connectivity index (χ0n) is 11.4. The second-order valence-corrected chi connectivity index (χ2v) is 4.18. The molecule has 0 aliphatic rings. The predicted octanol–water partition coefficient (Wildman–Crippen LogP) is 1.78. The van der Waals surface area contributed by atoms with Crippen molar-refractivity contribution in [1.82, 2.24) is 0 Å². The quantitative estimate of drug-likeness (QED) is 0.668. The molecule has 106 valence electrons. The van der Waals surface area contributed by atoms with Crippen molar-refractivity contribution >= 4 is 11.6 Å². The van der Waals surface area contributed by atoms with E-state index in [4.69, 9.17) is 15.2 Å². The van der Waals surface area contributed by atoms with Crippen LogP contribution in [0.2, 0.25) is 0 Å². The number of benzene rings is 1. The van der Waals surface area contributed by atoms with Gasteiger partial charge in [0.2, 0.25) is 5.91 Å². The van der Waals surface area contributed by atoms with Crippen LogP contribution < -0.4 is 15.8 Å². The number of carbonyl (C=O) groups is 1. The first-order valence-corrected chi connectivity index (χ1v) is 6.48. The summed E-state index contributed by atoms with van der Waals surface area (Å²) in [7, 11) is 1.60. The van der Waals surface area contributed by atoms with Crippen LogP contribution in [0, 0.1) is 0 Å². The van der Waals surface area contributed by atoms with Crippen LogP contribution in [-0.2, 0) is 9.53 Å². The van der Waals surface area contributed by atoms with E-state index in [2.05, 4.69) is 5.32 Å². The van der Waals surface area contributed by atoms with E-state index in [1.165, 1.54) is 0 Å². The molecule has 0 unspecified atom stereocenters. The topological polar surface area (TPSA) is 73.6 Å². The normalized spacial score (nSPS) is 10.2. The predicted molar refractivity (Wildman–Crippen MR) is 75.3 cm³/mol. The van der Waals surface area contributed by atoms with Crippen LogP contribution in [0.15, 0.2) is 24.3 Å². The molecule has 0 heterocycles. The third-order valence-corrected chi connectivity index (χ3v) is 2.60. The van der Waals surface area contributed by atoms with E-state index in [-0.39, 0.29) is 12.5 Å². The summed E-state index contributed by atoms with van der Waals surface area (Å²) in [6, 6.07) is 7.17. The van der Waals surface area contributed by atoms with Crippen LogP contribution in [0.25, 0.3) is 0 Å². The number of rotatable bonds is 9. The Balaban J connectivity index is 2.16. The Morgan fingerprint density at radius 2 is 1.95 bits per heavy atom. The van der Waals surface area contributed by atoms with Gasteiger partial charge in [-0.1, -0.05) is 0 Å². The SMILES string of the molecule is COc1ccc(NC(=O)COCCCCCN)cc1. The van der Waals surface area contributed by atoms with Gasteiger partial charge in [-0.15, -0.1) is 0 Å². The molecule has 3 N–H and O–H groups in total. The molecule has 5 nitrogen and oxygen atoms in total. The standard InChI is InChI=1S/C14H22N2O3/c1-18-13-7-5-12(6-8-13)16-14(17)11-19-10-4-2-3-9-15/h5-8H,2-4,9-11,15H2,1H3,(H,16,17). The highest BCUT2D eigenvalue weighted by Crippen LogP contribution is 2.14. The lowest BCUT2D eigenvalue weighted by molar-refractivity contribution is -0.120. The van der Waals surface area contributed by atoms with Crippen molar-refractivity contribution in [2.75, 3.05) is 32.2 Å². The summed E-state index contributed by atoms with van der Waals surface area (Å²) in [6.07, 6.45) is 2.98. The van der Waals surface area contributed by atoms with Crippen LogP contribution in [0.1, 0.15) is 19.3 Å². The molecule has 0 saturated heterocycles. The Labute approximate surface area is 114 Å². The first-order valence-electron chi connectivity index (χ1n) is 6.48. The Kier molecular flexibility index (Phi) is 7.62. The fourth-order valence-electron chi connectivity index (χ4n) is 1.56. The lowest BCUT2D eigenvalue weighted by Crippen LogP contribution is -2.18. The fraction of sp³-hybridized carbons (Fsp3) is 0.500. The molecule has 5 heteroatoms. The van der Waals surface area contributed by atoms with Gasteiger partial charge >= 0.3 is 0 Å². The van der Waals surface area contributed by atoms with Crippen LogP contribution in [-0.4, -0.2) is 32.8 Å². The summed E-state index contributed by atoms with van der Waals surface area (Å²) in [5.41, 5.74) is 6.12. The second-order valence-electron chi connectivity index (χ2n) is 4.18. The lowest BCUT2D eigenvalue weighted by Gasteiger charge is -2.07. The molecule has 1 aromatic rings. The average Bonchev–Trinajstić information content (AvgIpc) is 2.43. The minimum atomic E-state index is -0.149. The molecular weight excluding hydrogens is 244 g/mol. The molecule has 0 spiro atoms. The van der Waals surface area contributed by atoms with Gasteiger partial charge in [-0.2, -0.15) is 0 Å². The summed E-state index contributed by atoms with van der Waals surface area (Å²) < 4.78 is 10.3. The zero-order valence-corrected chi connectivity index (χ0v) is 11.4. The molecule has 0 atom stereocenters. The average molecular weight is 266 g/mol. The Bertz CT molecular complexity index is 365. The van der Waals surface area contributed by atoms with Gasteiger partial charge in [0, 0.05) is 12.3 Å². The van der Waals surface area contributed by atoms with E-state index in [0.29, 0.717) is 13.2 Å². The van der Waals surface area contributed by atoms with Crippen LogP contribution in [0.5, 0.6) is 5.75 Å². The Morgan fingerprint density at radius 1 is 1.21 bits per heavy atom. The number of nitrogens with two attached hydrogens (primary N) is 1. The molecule has 0 bridgehead atoms. The van der Waals surface area contributed by atoms with Gasteiger partial charge < -0.3 is 20.5 Å². The van der Waals surface area contributed by atoms with Gasteiger partial charge in [0.25, 0.3) is 0 Å². The van der Waals surface area contributed by atoms with Crippen LogP contribution in [0.3, 0.4) is 0 Å². The van der Waals surface area contributed by atoms with Crippen molar-refractivity contribution in [3.8, 4) is 5.75 Å². The monoisotopic (exact) mass is 266 g/mol. The molecule has 0 radical (unpaired) electrons. The molecule has 0 aromatic heterocycles. The minimum absolute atomic E-state index is 0.0780. The minimum Gasteiger partial charge on any atom is -0.497 e. The first-order chi connectivity index (χ1) is 9.26. The molecule has 1 rings (SSSR count). The molecule has 19 heavy (non-hydrogen) atoms. The molecule has 0 aliphatic heterocycles. The summed E-state index contributed by atoms with van der Waals surface area (Å²) >= 11 is 0. The van der Waals surface area contributed by atoms with Gasteiger partial charge in [-0.25, -0.2) is 0 Å². The van der Waals surface area contributed by atoms with Crippen molar-refractivity contribution in [3.63, 3.8) is 0 Å². The number of hydrogen-bond acceptors (Lipinski definition) is 4. The number of ether oxygens (including phenoxy) is 2. The molecular formula is C14H22N2O3. The zero-order chi connectivity index (χ0) is 13.9. The largest absolute Gasteiger partial charge is 0.497 e. The highest BCUT2D eigenvalue weighted by Gasteiger charge is 2.02. The van der Waals surface area contributed by atoms with Crippen LogP contribution >= 0.6 is 0 Å². The third kappa shape index (κ3) is 6.79. The number of carbonyl (C=O) groups excluding carboxylic acids is 1. The highest BCUT2D eigenvalue weighted by atomic mass is 16.5. The van der Waals surface area contributed by atoms with E-state index >= 15 is 0 Å². The number of hydrogen-bond donors (Lipinski definition) is 2. The van der Waals surface area contributed by atoms with E-state index in [1.807, 2.05) is 0 Å². The number of unbranched alkanes of at least 4 members (excludes halogenated alkanes) is 2. The van der Waals surface area contributed by atoms with E-state index in [0.717, 1.165) is 30.7 Å². The van der Waals surface area contributed by atoms with Crippen molar-refractivity contribution in [2.45, 2.75) is 19.3 Å². The van der Waals surface area contributed by atoms with Crippen LogP contribution in [0.4, 0.5) is 5.69 Å². The number of nitrogens with one attached hydrogen (secondary N) is 1. The number of methoxy groups -OCH3 is 1. The Hall–Kier alpha value is -1.59. The smallest absolute Gasteiger partial charge is 0.250 e. The fourth-order valence-corrected chi connectivity index (χ4v) is 1.56. The highest BCUT2D eigenvalue weighted by molar-refractivity contribution is 5.91. The summed E-state index contributed by atoms with van der Waals surface area (Å²) in [4.78, 5) is 11.6. The number of amides is 1. The van der Waals surface area contributed by atoms with Crippen molar-refractivity contribution in [1.29, 1.82) is 0 Å². The molecule has 0 fully saturated rings. The van der Waals surface area contributed by atoms with Gasteiger partial charge in [0.1, 0.15) is 12.4 Å². The maximum absolute atomic E-state index is 11.6. The summed E-state index contributed by atoms with van der Waals surface area (Å²) in [6.45, 7) is 1.38. The Morgan fingerprint density at radius 3 is 2.58 bits per heavy atom. The van der Waals surface area contributed by atoms with E-state index < -0.39 is 0 Å². The lowest BCUT2D eigenvalue weighted by atomic mass is 10.2. The maximum Gasteiger partial charge on any atom is 0.250 e. The van der Waals surface area contributed by atoms with E-state index in [1.54, 1.807) is 31.4 Å².